The van der Waals surface area contributed by atoms with E-state index in [2.05, 4.69) is 15.9 Å². The molecule has 1 rings (SSSR count). The summed E-state index contributed by atoms with van der Waals surface area (Å²) < 4.78 is 42.2. The molecule has 0 radical (unpaired) electrons. The Kier molecular flexibility index (Phi) is 5.25. The fourth-order valence-corrected chi connectivity index (χ4v) is 1.68. The largest absolute Gasteiger partial charge is 0.467 e. The van der Waals surface area contributed by atoms with Crippen LogP contribution < -0.4 is 0 Å². The first-order chi connectivity index (χ1) is 8.33. The van der Waals surface area contributed by atoms with E-state index in [9.17, 15) is 18.0 Å². The van der Waals surface area contributed by atoms with Gasteiger partial charge in [0.05, 0.1) is 17.6 Å². The molecule has 0 saturated heterocycles. The van der Waals surface area contributed by atoms with Gasteiger partial charge in [-0.05, 0) is 18.6 Å². The lowest BCUT2D eigenvalue weighted by atomic mass is 10.2. The SMILES string of the molecule is CCC(Br)C(=O)N(Cc1ccco1)CC(F)(F)F. The molecule has 1 heterocycles. The summed E-state index contributed by atoms with van der Waals surface area (Å²) in [6.45, 7) is 0.248. The van der Waals surface area contributed by atoms with Crippen molar-refractivity contribution in [1.82, 2.24) is 4.90 Å². The van der Waals surface area contributed by atoms with Gasteiger partial charge in [-0.25, -0.2) is 0 Å². The van der Waals surface area contributed by atoms with E-state index in [4.69, 9.17) is 4.42 Å². The minimum Gasteiger partial charge on any atom is -0.467 e. The Morgan fingerprint density at radius 1 is 1.56 bits per heavy atom. The van der Waals surface area contributed by atoms with E-state index in [1.807, 2.05) is 0 Å². The van der Waals surface area contributed by atoms with Gasteiger partial charge in [-0.15, -0.1) is 0 Å². The first-order valence-corrected chi connectivity index (χ1v) is 6.27. The van der Waals surface area contributed by atoms with E-state index in [0.717, 1.165) is 4.90 Å². The molecular weight excluding hydrogens is 315 g/mol. The van der Waals surface area contributed by atoms with Gasteiger partial charge in [-0.3, -0.25) is 4.79 Å². The third kappa shape index (κ3) is 4.72. The molecule has 0 saturated carbocycles. The maximum absolute atomic E-state index is 12.4. The summed E-state index contributed by atoms with van der Waals surface area (Å²) in [5.41, 5.74) is 0. The molecule has 0 aromatic carbocycles. The van der Waals surface area contributed by atoms with Crippen LogP contribution in [0.2, 0.25) is 0 Å². The number of hydrogen-bond donors (Lipinski definition) is 0. The summed E-state index contributed by atoms with van der Waals surface area (Å²) in [5.74, 6) is -0.269. The van der Waals surface area contributed by atoms with E-state index in [1.54, 1.807) is 13.0 Å². The van der Waals surface area contributed by atoms with Crippen molar-refractivity contribution in [2.45, 2.75) is 30.9 Å². The van der Waals surface area contributed by atoms with Gasteiger partial charge < -0.3 is 9.32 Å². The Morgan fingerprint density at radius 3 is 2.67 bits per heavy atom. The summed E-state index contributed by atoms with van der Waals surface area (Å²) in [4.78, 5) is 11.9. The van der Waals surface area contributed by atoms with E-state index in [0.29, 0.717) is 12.2 Å². The van der Waals surface area contributed by atoms with Gasteiger partial charge in [0.2, 0.25) is 5.91 Å². The Morgan fingerprint density at radius 2 is 2.22 bits per heavy atom. The number of amides is 1. The number of halogens is 4. The Bertz CT molecular complexity index is 378. The lowest BCUT2D eigenvalue weighted by Crippen LogP contribution is -2.41. The van der Waals surface area contributed by atoms with Crippen LogP contribution in [-0.2, 0) is 11.3 Å². The number of nitrogens with zero attached hydrogens (tertiary/aromatic N) is 1. The van der Waals surface area contributed by atoms with Crippen molar-refractivity contribution in [3.63, 3.8) is 0 Å². The predicted molar refractivity (Wildman–Crippen MR) is 63.2 cm³/mol. The smallest absolute Gasteiger partial charge is 0.406 e. The summed E-state index contributed by atoms with van der Waals surface area (Å²) >= 11 is 3.07. The topological polar surface area (TPSA) is 33.5 Å². The monoisotopic (exact) mass is 327 g/mol. The molecule has 7 heteroatoms. The van der Waals surface area contributed by atoms with Crippen molar-refractivity contribution >= 4 is 21.8 Å². The summed E-state index contributed by atoms with van der Waals surface area (Å²) in [6, 6.07) is 3.10. The molecule has 0 spiro atoms. The quantitative estimate of drug-likeness (QED) is 0.777. The first-order valence-electron chi connectivity index (χ1n) is 5.35. The van der Waals surface area contributed by atoms with E-state index >= 15 is 0 Å². The summed E-state index contributed by atoms with van der Waals surface area (Å²) in [7, 11) is 0. The van der Waals surface area contributed by atoms with Crippen molar-refractivity contribution in [2.24, 2.45) is 0 Å². The van der Waals surface area contributed by atoms with Crippen LogP contribution in [0.1, 0.15) is 19.1 Å². The number of carbonyl (C=O) groups excluding carboxylic acids is 1. The average Bonchev–Trinajstić information content (AvgIpc) is 2.77. The van der Waals surface area contributed by atoms with Crippen LogP contribution in [0.4, 0.5) is 13.2 Å². The van der Waals surface area contributed by atoms with E-state index in [1.165, 1.54) is 12.3 Å². The lowest BCUT2D eigenvalue weighted by Gasteiger charge is -2.24. The normalized spacial score (nSPS) is 13.4. The van der Waals surface area contributed by atoms with Crippen LogP contribution in [0, 0.1) is 0 Å². The number of furan rings is 1. The molecule has 1 aromatic rings. The zero-order valence-electron chi connectivity index (χ0n) is 9.71. The molecule has 0 aliphatic heterocycles. The van der Waals surface area contributed by atoms with Crippen LogP contribution >= 0.6 is 15.9 Å². The molecule has 0 fully saturated rings. The summed E-state index contributed by atoms with van der Waals surface area (Å²) in [6.07, 6.45) is -2.65. The van der Waals surface area contributed by atoms with Crippen molar-refractivity contribution in [3.05, 3.63) is 24.2 Å². The third-order valence-electron chi connectivity index (χ3n) is 2.24. The Balaban J connectivity index is 2.78. The zero-order chi connectivity index (χ0) is 13.8. The lowest BCUT2D eigenvalue weighted by molar-refractivity contribution is -0.162. The highest BCUT2D eigenvalue weighted by molar-refractivity contribution is 9.10. The van der Waals surface area contributed by atoms with Crippen molar-refractivity contribution in [2.75, 3.05) is 6.54 Å². The minimum atomic E-state index is -4.43. The van der Waals surface area contributed by atoms with Gasteiger partial charge in [-0.2, -0.15) is 13.2 Å². The second-order valence-corrected chi connectivity index (χ2v) is 4.87. The fourth-order valence-electron chi connectivity index (χ4n) is 1.39. The minimum absolute atomic E-state index is 0.187. The highest BCUT2D eigenvalue weighted by atomic mass is 79.9. The molecule has 1 atom stereocenters. The van der Waals surface area contributed by atoms with Gasteiger partial charge in [0, 0.05) is 0 Å². The average molecular weight is 328 g/mol. The highest BCUT2D eigenvalue weighted by Crippen LogP contribution is 2.21. The van der Waals surface area contributed by atoms with Crippen LogP contribution in [0.15, 0.2) is 22.8 Å². The molecule has 0 bridgehead atoms. The number of hydrogen-bond acceptors (Lipinski definition) is 2. The van der Waals surface area contributed by atoms with Crippen LogP contribution in [0.25, 0.3) is 0 Å². The van der Waals surface area contributed by atoms with E-state index in [-0.39, 0.29) is 6.54 Å². The molecule has 0 aliphatic rings. The second kappa shape index (κ2) is 6.26. The Hall–Kier alpha value is -0.980. The third-order valence-corrected chi connectivity index (χ3v) is 3.27. The van der Waals surface area contributed by atoms with Crippen LogP contribution in [-0.4, -0.2) is 28.4 Å². The molecule has 1 unspecified atom stereocenters. The van der Waals surface area contributed by atoms with Crippen molar-refractivity contribution in [1.29, 1.82) is 0 Å². The molecular formula is C11H13BrF3NO2. The first kappa shape index (κ1) is 15.1. The standard InChI is InChI=1S/C11H13BrF3NO2/c1-2-9(12)10(17)16(7-11(13,14)15)6-8-4-3-5-18-8/h3-5,9H,2,6-7H2,1H3. The van der Waals surface area contributed by atoms with Crippen LogP contribution in [0.5, 0.6) is 0 Å². The van der Waals surface area contributed by atoms with Crippen molar-refractivity contribution in [3.8, 4) is 0 Å². The highest BCUT2D eigenvalue weighted by Gasteiger charge is 2.34. The maximum Gasteiger partial charge on any atom is 0.406 e. The second-order valence-electron chi connectivity index (χ2n) is 3.76. The van der Waals surface area contributed by atoms with Gasteiger partial charge >= 0.3 is 6.18 Å². The molecule has 3 nitrogen and oxygen atoms in total. The molecule has 102 valence electrons. The maximum atomic E-state index is 12.4. The zero-order valence-corrected chi connectivity index (χ0v) is 11.3. The van der Waals surface area contributed by atoms with Gasteiger partial charge in [0.1, 0.15) is 12.3 Å². The molecule has 1 aromatic heterocycles. The Labute approximate surface area is 111 Å². The molecule has 0 N–H and O–H groups in total. The molecule has 0 aliphatic carbocycles. The van der Waals surface area contributed by atoms with E-state index < -0.39 is 23.5 Å². The predicted octanol–water partition coefficient (Wildman–Crippen LogP) is 3.34. The van der Waals surface area contributed by atoms with Gasteiger partial charge in [0.25, 0.3) is 0 Å². The molecule has 18 heavy (non-hydrogen) atoms. The van der Waals surface area contributed by atoms with Crippen molar-refractivity contribution < 1.29 is 22.4 Å². The number of rotatable bonds is 5. The molecule has 1 amide bonds. The number of carbonyl (C=O) groups is 1. The summed E-state index contributed by atoms with van der Waals surface area (Å²) in [5, 5.41) is 0. The van der Waals surface area contributed by atoms with Crippen LogP contribution in [0.3, 0.4) is 0 Å². The van der Waals surface area contributed by atoms with Gasteiger partial charge in [-0.1, -0.05) is 22.9 Å². The number of alkyl halides is 4. The van der Waals surface area contributed by atoms with Gasteiger partial charge in [0.15, 0.2) is 0 Å². The fraction of sp³-hybridized carbons (Fsp3) is 0.545.